The van der Waals surface area contributed by atoms with Gasteiger partial charge in [-0.2, -0.15) is 0 Å². The van der Waals surface area contributed by atoms with E-state index < -0.39 is 11.8 Å². The predicted molar refractivity (Wildman–Crippen MR) is 120 cm³/mol. The molecule has 31 heavy (non-hydrogen) atoms. The smallest absolute Gasteiger partial charge is 0.366 e. The van der Waals surface area contributed by atoms with Gasteiger partial charge in [0.05, 0.1) is 25.9 Å². The van der Waals surface area contributed by atoms with Gasteiger partial charge in [0.1, 0.15) is 0 Å². The van der Waals surface area contributed by atoms with Gasteiger partial charge >= 0.3 is 5.97 Å². The van der Waals surface area contributed by atoms with Crippen LogP contribution in [0.3, 0.4) is 0 Å². The predicted octanol–water partition coefficient (Wildman–Crippen LogP) is 4.90. The molecule has 2 aliphatic heterocycles. The highest BCUT2D eigenvalue weighted by molar-refractivity contribution is 5.78. The van der Waals surface area contributed by atoms with Crippen molar-refractivity contribution in [1.29, 1.82) is 0 Å². The largest absolute Gasteiger partial charge is 0.465 e. The van der Waals surface area contributed by atoms with Crippen molar-refractivity contribution in [3.05, 3.63) is 0 Å². The number of hydrogen-bond acceptors (Lipinski definition) is 6. The summed E-state index contributed by atoms with van der Waals surface area (Å²) in [7, 11) is 3.07. The van der Waals surface area contributed by atoms with E-state index in [1.165, 1.54) is 7.11 Å². The summed E-state index contributed by atoms with van der Waals surface area (Å²) < 4.78 is 29.8. The summed E-state index contributed by atoms with van der Waals surface area (Å²) >= 11 is 0. The molecule has 0 aliphatic carbocycles. The minimum atomic E-state index is -1.40. The third kappa shape index (κ3) is 5.45. The monoisotopic (exact) mass is 442 g/mol. The highest BCUT2D eigenvalue weighted by Crippen LogP contribution is 2.43. The third-order valence-electron chi connectivity index (χ3n) is 8.59. The van der Waals surface area contributed by atoms with Gasteiger partial charge in [-0.25, -0.2) is 4.79 Å². The molecule has 0 bridgehead atoms. The van der Waals surface area contributed by atoms with Gasteiger partial charge in [-0.05, 0) is 35.5 Å². The van der Waals surface area contributed by atoms with Crippen LogP contribution in [-0.2, 0) is 28.5 Å². The van der Waals surface area contributed by atoms with Crippen molar-refractivity contribution in [3.63, 3.8) is 0 Å². The second-order valence-electron chi connectivity index (χ2n) is 10.3. The van der Waals surface area contributed by atoms with E-state index in [4.69, 9.17) is 23.7 Å². The van der Waals surface area contributed by atoms with Crippen LogP contribution in [0.1, 0.15) is 68.2 Å². The number of methoxy groups -OCH3 is 2. The lowest BCUT2D eigenvalue weighted by atomic mass is 9.74. The van der Waals surface area contributed by atoms with Crippen LogP contribution in [0.5, 0.6) is 0 Å². The Kier molecular flexibility index (Phi) is 9.39. The van der Waals surface area contributed by atoms with Crippen LogP contribution in [0, 0.1) is 41.4 Å². The fraction of sp³-hybridized carbons (Fsp3) is 0.960. The molecule has 11 atom stereocenters. The highest BCUT2D eigenvalue weighted by Gasteiger charge is 2.53. The van der Waals surface area contributed by atoms with Crippen molar-refractivity contribution in [2.24, 2.45) is 41.4 Å². The molecular formula is C25H46O6. The summed E-state index contributed by atoms with van der Waals surface area (Å²) in [5.74, 6) is 0.494. The van der Waals surface area contributed by atoms with E-state index >= 15 is 0 Å². The van der Waals surface area contributed by atoms with Crippen LogP contribution in [0.2, 0.25) is 0 Å². The van der Waals surface area contributed by atoms with Crippen molar-refractivity contribution in [2.75, 3.05) is 20.8 Å². The highest BCUT2D eigenvalue weighted by atomic mass is 16.7. The SMILES string of the molecule is CC[C@@H](C)[C@@H](C)C1O[C@@](OCC2O[C@H](OC)C(C)[C@@H](C)[C@H]2C)(C(=O)OC)C[C@@H](C)[C@H]1C. The summed E-state index contributed by atoms with van der Waals surface area (Å²) in [5.41, 5.74) is 0. The average molecular weight is 443 g/mol. The molecule has 2 aliphatic rings. The maximum atomic E-state index is 13.0. The van der Waals surface area contributed by atoms with Gasteiger partial charge in [0, 0.05) is 19.4 Å². The summed E-state index contributed by atoms with van der Waals surface area (Å²) in [6, 6.07) is 0. The zero-order chi connectivity index (χ0) is 23.5. The molecular weight excluding hydrogens is 396 g/mol. The fourth-order valence-electron chi connectivity index (χ4n) is 5.19. The van der Waals surface area contributed by atoms with E-state index in [9.17, 15) is 4.79 Å². The Hall–Kier alpha value is -0.690. The molecule has 182 valence electrons. The van der Waals surface area contributed by atoms with Crippen LogP contribution in [0.4, 0.5) is 0 Å². The Morgan fingerprint density at radius 2 is 1.68 bits per heavy atom. The van der Waals surface area contributed by atoms with Gasteiger partial charge in [-0.15, -0.1) is 0 Å². The van der Waals surface area contributed by atoms with E-state index in [1.807, 2.05) is 0 Å². The molecule has 0 aromatic rings. The van der Waals surface area contributed by atoms with Gasteiger partial charge in [0.15, 0.2) is 6.29 Å². The first-order valence-electron chi connectivity index (χ1n) is 12.1. The summed E-state index contributed by atoms with van der Waals surface area (Å²) in [6.45, 7) is 17.8. The molecule has 0 radical (unpaired) electrons. The van der Waals surface area contributed by atoms with Gasteiger partial charge in [-0.3, -0.25) is 0 Å². The van der Waals surface area contributed by atoms with E-state index in [2.05, 4.69) is 55.4 Å². The first kappa shape index (κ1) is 26.6. The maximum Gasteiger partial charge on any atom is 0.366 e. The van der Waals surface area contributed by atoms with Crippen molar-refractivity contribution in [2.45, 2.75) is 92.5 Å². The molecule has 0 amide bonds. The van der Waals surface area contributed by atoms with Crippen LogP contribution in [-0.4, -0.2) is 51.1 Å². The number of esters is 1. The number of hydrogen-bond donors (Lipinski definition) is 0. The molecule has 0 aromatic carbocycles. The Morgan fingerprint density at radius 3 is 2.23 bits per heavy atom. The first-order chi connectivity index (χ1) is 14.5. The van der Waals surface area contributed by atoms with Crippen LogP contribution >= 0.6 is 0 Å². The van der Waals surface area contributed by atoms with Crippen LogP contribution < -0.4 is 0 Å². The minimum Gasteiger partial charge on any atom is -0.465 e. The topological polar surface area (TPSA) is 63.2 Å². The van der Waals surface area contributed by atoms with E-state index in [0.29, 0.717) is 36.0 Å². The molecule has 0 N–H and O–H groups in total. The van der Waals surface area contributed by atoms with Gasteiger partial charge < -0.3 is 23.7 Å². The van der Waals surface area contributed by atoms with E-state index in [-0.39, 0.29) is 36.9 Å². The molecule has 0 saturated carbocycles. The molecule has 2 saturated heterocycles. The molecule has 6 heteroatoms. The van der Waals surface area contributed by atoms with Crippen molar-refractivity contribution in [1.82, 2.24) is 0 Å². The lowest BCUT2D eigenvalue weighted by molar-refractivity contribution is -0.321. The normalized spacial score (nSPS) is 43.3. The van der Waals surface area contributed by atoms with Crippen molar-refractivity contribution >= 4 is 5.97 Å². The molecule has 2 rings (SSSR count). The van der Waals surface area contributed by atoms with Crippen LogP contribution in [0.15, 0.2) is 0 Å². The van der Waals surface area contributed by atoms with Gasteiger partial charge in [0.25, 0.3) is 5.79 Å². The van der Waals surface area contributed by atoms with Crippen molar-refractivity contribution in [3.8, 4) is 0 Å². The maximum absolute atomic E-state index is 13.0. The Bertz CT molecular complexity index is 580. The molecule has 0 spiro atoms. The van der Waals surface area contributed by atoms with Crippen molar-refractivity contribution < 1.29 is 28.5 Å². The zero-order valence-electron chi connectivity index (χ0n) is 21.3. The third-order valence-corrected chi connectivity index (χ3v) is 8.59. The summed E-state index contributed by atoms with van der Waals surface area (Å²) in [5, 5.41) is 0. The van der Waals surface area contributed by atoms with E-state index in [0.717, 1.165) is 6.42 Å². The second kappa shape index (κ2) is 11.0. The number of carbonyl (C=O) groups excluding carboxylic acids is 1. The molecule has 2 fully saturated rings. The fourth-order valence-corrected chi connectivity index (χ4v) is 5.19. The quantitative estimate of drug-likeness (QED) is 0.499. The van der Waals surface area contributed by atoms with Crippen LogP contribution in [0.25, 0.3) is 0 Å². The minimum absolute atomic E-state index is 0.0758. The Morgan fingerprint density at radius 1 is 1.03 bits per heavy atom. The number of ether oxygens (including phenoxy) is 5. The first-order valence-corrected chi connectivity index (χ1v) is 12.1. The second-order valence-corrected chi connectivity index (χ2v) is 10.3. The van der Waals surface area contributed by atoms with Gasteiger partial charge in [-0.1, -0.05) is 61.8 Å². The number of rotatable bonds is 8. The summed E-state index contributed by atoms with van der Waals surface area (Å²) in [4.78, 5) is 13.0. The lowest BCUT2D eigenvalue weighted by Gasteiger charge is -2.49. The molecule has 0 aromatic heterocycles. The lowest BCUT2D eigenvalue weighted by Crippen LogP contribution is -2.58. The number of carbonyl (C=O) groups is 1. The molecule has 2 heterocycles. The standard InChI is InChI=1S/C25H46O6/c1-11-14(2)16(4)22-17(5)15(3)12-25(31-22,24(26)28-10)29-13-21-19(7)18(6)20(8)23(27-9)30-21/h14-23H,11-13H2,1-10H3/t14-,15-,16-,17-,18+,19-,20?,21?,22?,23+,25-/m1/s1. The molecule has 6 nitrogen and oxygen atoms in total. The Balaban J connectivity index is 2.24. The van der Waals surface area contributed by atoms with E-state index in [1.54, 1.807) is 7.11 Å². The zero-order valence-corrected chi connectivity index (χ0v) is 21.3. The van der Waals surface area contributed by atoms with Gasteiger partial charge in [0.2, 0.25) is 0 Å². The molecule has 3 unspecified atom stereocenters. The Labute approximate surface area is 189 Å². The average Bonchev–Trinajstić information content (AvgIpc) is 2.77. The summed E-state index contributed by atoms with van der Waals surface area (Å²) in [6.07, 6.45) is 1.01.